The molecule has 2 atom stereocenters. The lowest BCUT2D eigenvalue weighted by Crippen LogP contribution is -2.41. The molecule has 2 aromatic carbocycles. The second-order valence-corrected chi connectivity index (χ2v) is 14.2. The van der Waals surface area contributed by atoms with Gasteiger partial charge in [-0.2, -0.15) is 4.31 Å². The van der Waals surface area contributed by atoms with E-state index in [4.69, 9.17) is 9.39 Å². The van der Waals surface area contributed by atoms with Crippen molar-refractivity contribution in [2.75, 3.05) is 7.05 Å². The highest BCUT2D eigenvalue weighted by Crippen LogP contribution is 2.39. The van der Waals surface area contributed by atoms with Gasteiger partial charge < -0.3 is 9.39 Å². The van der Waals surface area contributed by atoms with Gasteiger partial charge in [0, 0.05) is 7.05 Å². The first-order valence-electron chi connectivity index (χ1n) is 16.5. The quantitative estimate of drug-likeness (QED) is 0.153. The highest BCUT2D eigenvalue weighted by molar-refractivity contribution is 7.89. The molecular formula is C35H52BNO4S. The van der Waals surface area contributed by atoms with Gasteiger partial charge in [0.1, 0.15) is 6.10 Å². The lowest BCUT2D eigenvalue weighted by atomic mass is 9.59. The molecule has 0 N–H and O–H groups in total. The molecule has 4 rings (SSSR count). The minimum atomic E-state index is -3.77. The molecule has 0 fully saturated rings. The predicted molar refractivity (Wildman–Crippen MR) is 174 cm³/mol. The first kappa shape index (κ1) is 32.7. The number of likely N-dealkylation sites (N-methyl/N-ethyl adjacent to an activating group) is 1. The first-order chi connectivity index (χ1) is 20.3. The number of sulfonamides is 1. The zero-order valence-corrected chi connectivity index (χ0v) is 27.5. The molecule has 0 amide bonds. The summed E-state index contributed by atoms with van der Waals surface area (Å²) in [4.78, 5) is 0.595. The number of aryl methyl sites for hydroxylation is 2. The van der Waals surface area contributed by atoms with Gasteiger partial charge in [-0.05, 0) is 112 Å². The molecule has 0 heterocycles. The second-order valence-electron chi connectivity index (χ2n) is 12.2. The molecule has 2 aliphatic carbocycles. The van der Waals surface area contributed by atoms with Crippen molar-refractivity contribution in [2.24, 2.45) is 0 Å². The zero-order valence-electron chi connectivity index (χ0n) is 26.7. The van der Waals surface area contributed by atoms with Gasteiger partial charge in [-0.15, -0.1) is 0 Å². The van der Waals surface area contributed by atoms with Gasteiger partial charge in [-0.3, -0.25) is 0 Å². The lowest BCUT2D eigenvalue weighted by Gasteiger charge is -2.35. The molecule has 230 valence electrons. The first-order valence-corrected chi connectivity index (χ1v) is 17.9. The van der Waals surface area contributed by atoms with Crippen molar-refractivity contribution in [2.45, 2.75) is 134 Å². The van der Waals surface area contributed by atoms with Gasteiger partial charge in [0.15, 0.2) is 0 Å². The highest BCUT2D eigenvalue weighted by atomic mass is 32.2. The fourth-order valence-electron chi connectivity index (χ4n) is 6.62. The Morgan fingerprint density at radius 3 is 2.00 bits per heavy atom. The summed E-state index contributed by atoms with van der Waals surface area (Å²) in [5.74, 6) is 0.480. The normalized spacial score (nSPS) is 16.9. The molecule has 0 saturated heterocycles. The van der Waals surface area contributed by atoms with Crippen molar-refractivity contribution in [3.05, 3.63) is 76.2 Å². The lowest BCUT2D eigenvalue weighted by molar-refractivity contribution is 0.00766. The van der Waals surface area contributed by atoms with E-state index >= 15 is 0 Å². The van der Waals surface area contributed by atoms with E-state index in [-0.39, 0.29) is 6.92 Å². The average molecular weight is 594 g/mol. The Kier molecular flexibility index (Phi) is 12.0. The molecule has 0 radical (unpaired) electrons. The summed E-state index contributed by atoms with van der Waals surface area (Å²) in [6.45, 7) is 8.40. The van der Waals surface area contributed by atoms with Crippen molar-refractivity contribution in [1.29, 1.82) is 0 Å². The van der Waals surface area contributed by atoms with Crippen LogP contribution < -0.4 is 0 Å². The van der Waals surface area contributed by atoms with Crippen molar-refractivity contribution in [1.82, 2.24) is 4.31 Å². The van der Waals surface area contributed by atoms with Gasteiger partial charge in [-0.1, -0.05) is 75.9 Å². The monoisotopic (exact) mass is 593 g/mol. The van der Waals surface area contributed by atoms with Crippen LogP contribution in [-0.2, 0) is 45.1 Å². The standard InChI is InChI=1S/C35H52BNO4S/c1-6-9-24-36(25-10-7-2)41-33(8-3)40-34(28-18-12-11-13-19-28)27(4)37(5)42(38,39)35-31-22-16-14-20-29(31)26-30-21-15-17-23-32(30)35/h8,11-13,18-19,26-27,34H,6-7,9-10,14-17,20-25H2,1-5H3/b33-8-/t27-,34-/m0/s1. The van der Waals surface area contributed by atoms with Crippen molar-refractivity contribution in [3.63, 3.8) is 0 Å². The number of hydrogen-bond donors (Lipinski definition) is 0. The molecule has 0 bridgehead atoms. The van der Waals surface area contributed by atoms with E-state index in [0.29, 0.717) is 10.8 Å². The largest absolute Gasteiger partial charge is 0.536 e. The van der Waals surface area contributed by atoms with Crippen LogP contribution in [-0.4, -0.2) is 32.7 Å². The third-order valence-corrected chi connectivity index (χ3v) is 11.3. The van der Waals surface area contributed by atoms with Crippen LogP contribution in [0.25, 0.3) is 0 Å². The van der Waals surface area contributed by atoms with Crippen LogP contribution >= 0.6 is 0 Å². The van der Waals surface area contributed by atoms with Crippen LogP contribution in [0.1, 0.15) is 113 Å². The van der Waals surface area contributed by atoms with Crippen molar-refractivity contribution >= 4 is 16.9 Å². The SMILES string of the molecule is C/C=C(\OB(CCCC)CCCC)O[C@H](c1ccccc1)[C@H](C)N(C)S(=O)(=O)c1c2c(cc3c1CCCC3)CCCC2. The van der Waals surface area contributed by atoms with Crippen LogP contribution in [0.15, 0.2) is 53.3 Å². The minimum Gasteiger partial charge on any atom is -0.536 e. The molecule has 0 spiro atoms. The van der Waals surface area contributed by atoms with Gasteiger partial charge in [0.05, 0.1) is 10.9 Å². The summed E-state index contributed by atoms with van der Waals surface area (Å²) in [5.41, 5.74) is 5.54. The van der Waals surface area contributed by atoms with E-state index < -0.39 is 22.2 Å². The molecule has 2 aliphatic rings. The van der Waals surface area contributed by atoms with Crippen LogP contribution in [0, 0.1) is 0 Å². The molecule has 7 heteroatoms. The molecular weight excluding hydrogens is 541 g/mol. The maximum atomic E-state index is 14.6. The second kappa shape index (κ2) is 15.5. The fourth-order valence-corrected chi connectivity index (χ4v) is 8.54. The van der Waals surface area contributed by atoms with Crippen LogP contribution in [0.2, 0.25) is 12.6 Å². The third-order valence-electron chi connectivity index (χ3n) is 9.22. The van der Waals surface area contributed by atoms with E-state index in [1.807, 2.05) is 50.3 Å². The van der Waals surface area contributed by atoms with Gasteiger partial charge >= 0.3 is 6.92 Å². The van der Waals surface area contributed by atoms with Gasteiger partial charge in [0.25, 0.3) is 5.95 Å². The van der Waals surface area contributed by atoms with E-state index in [0.717, 1.165) is 106 Å². The smallest absolute Gasteiger partial charge is 0.361 e. The summed E-state index contributed by atoms with van der Waals surface area (Å²) in [5, 5.41) is 0. The summed E-state index contributed by atoms with van der Waals surface area (Å²) in [7, 11) is -2.04. The predicted octanol–water partition coefficient (Wildman–Crippen LogP) is 8.68. The Labute approximate surface area is 256 Å². The highest BCUT2D eigenvalue weighted by Gasteiger charge is 2.38. The van der Waals surface area contributed by atoms with Gasteiger partial charge in [-0.25, -0.2) is 8.42 Å². The van der Waals surface area contributed by atoms with E-state index in [1.54, 1.807) is 11.4 Å². The number of ether oxygens (including phenoxy) is 1. The summed E-state index contributed by atoms with van der Waals surface area (Å²) in [6.07, 6.45) is 15.8. The maximum Gasteiger partial charge on any atom is 0.361 e. The molecule has 0 unspecified atom stereocenters. The van der Waals surface area contributed by atoms with Crippen molar-refractivity contribution in [3.8, 4) is 0 Å². The van der Waals surface area contributed by atoms with Crippen LogP contribution in [0.4, 0.5) is 0 Å². The summed E-state index contributed by atoms with van der Waals surface area (Å²) < 4.78 is 44.0. The van der Waals surface area contributed by atoms with Crippen LogP contribution in [0.5, 0.6) is 0 Å². The van der Waals surface area contributed by atoms with E-state index in [9.17, 15) is 8.42 Å². The number of hydrogen-bond acceptors (Lipinski definition) is 4. The Morgan fingerprint density at radius 1 is 0.929 bits per heavy atom. The number of allylic oxidation sites excluding steroid dienone is 1. The zero-order chi connectivity index (χ0) is 30.1. The Morgan fingerprint density at radius 2 is 1.48 bits per heavy atom. The molecule has 0 aliphatic heterocycles. The van der Waals surface area contributed by atoms with Crippen molar-refractivity contribution < 1.29 is 17.8 Å². The molecule has 42 heavy (non-hydrogen) atoms. The molecule has 0 saturated carbocycles. The van der Waals surface area contributed by atoms with Gasteiger partial charge in [0.2, 0.25) is 10.0 Å². The number of rotatable bonds is 15. The number of benzene rings is 2. The summed E-state index contributed by atoms with van der Waals surface area (Å²) in [6, 6.07) is 11.9. The fraction of sp³-hybridized carbons (Fsp3) is 0.600. The maximum absolute atomic E-state index is 14.6. The Hall–Kier alpha value is -2.25. The summed E-state index contributed by atoms with van der Waals surface area (Å²) >= 11 is 0. The number of fused-ring (bicyclic) bond motifs is 2. The molecule has 0 aromatic heterocycles. The Bertz CT molecular complexity index is 1250. The molecule has 2 aromatic rings. The minimum absolute atomic E-state index is 0.0895. The Balaban J connectivity index is 1.67. The van der Waals surface area contributed by atoms with Crippen LogP contribution in [0.3, 0.4) is 0 Å². The van der Waals surface area contributed by atoms with E-state index in [2.05, 4.69) is 19.9 Å². The molecule has 5 nitrogen and oxygen atoms in total. The number of nitrogens with zero attached hydrogens (tertiary/aromatic N) is 1. The average Bonchev–Trinajstić information content (AvgIpc) is 3.02. The topological polar surface area (TPSA) is 55.8 Å². The third kappa shape index (κ3) is 7.63. The number of unbranched alkanes of at least 4 members (excludes halogenated alkanes) is 2. The van der Waals surface area contributed by atoms with E-state index in [1.165, 1.54) is 11.1 Å².